The van der Waals surface area contributed by atoms with E-state index in [2.05, 4.69) is 9.97 Å². The summed E-state index contributed by atoms with van der Waals surface area (Å²) in [5.74, 6) is 0.408. The number of carbonyl (C=O) groups excluding carboxylic acids is 1. The smallest absolute Gasteiger partial charge is 0.341 e. The molecule has 6 nitrogen and oxygen atoms in total. The van der Waals surface area contributed by atoms with Crippen molar-refractivity contribution in [3.05, 3.63) is 17.5 Å². The molecule has 1 aliphatic rings. The number of hydrogen-bond donors (Lipinski definition) is 1. The number of hydrogen-bond acceptors (Lipinski definition) is 6. The number of esters is 1. The van der Waals surface area contributed by atoms with Gasteiger partial charge in [-0.05, 0) is 26.2 Å². The van der Waals surface area contributed by atoms with E-state index in [0.29, 0.717) is 30.2 Å². The van der Waals surface area contributed by atoms with Crippen LogP contribution in [0.15, 0.2) is 6.20 Å². The third-order valence-electron chi connectivity index (χ3n) is 3.60. The predicted molar refractivity (Wildman–Crippen MR) is 74.7 cm³/mol. The van der Waals surface area contributed by atoms with Crippen LogP contribution in [-0.4, -0.2) is 46.8 Å². The van der Waals surface area contributed by atoms with Crippen molar-refractivity contribution < 1.29 is 14.6 Å². The van der Waals surface area contributed by atoms with Crippen LogP contribution < -0.4 is 4.90 Å². The Morgan fingerprint density at radius 3 is 2.95 bits per heavy atom. The fourth-order valence-electron chi connectivity index (χ4n) is 2.33. The molecule has 1 fully saturated rings. The lowest BCUT2D eigenvalue weighted by Gasteiger charge is -2.34. The number of ether oxygens (including phenoxy) is 1. The summed E-state index contributed by atoms with van der Waals surface area (Å²) in [4.78, 5) is 22.4. The number of piperidine rings is 1. The largest absolute Gasteiger partial charge is 0.462 e. The molecule has 0 aliphatic carbocycles. The number of nitrogens with zero attached hydrogens (tertiary/aromatic N) is 3. The van der Waals surface area contributed by atoms with Gasteiger partial charge in [-0.1, -0.05) is 6.92 Å². The molecule has 2 rings (SSSR count). The number of aryl methyl sites for hydroxylation is 1. The van der Waals surface area contributed by atoms with E-state index < -0.39 is 0 Å². The number of rotatable bonds is 3. The topological polar surface area (TPSA) is 75.5 Å². The molecule has 110 valence electrons. The highest BCUT2D eigenvalue weighted by molar-refractivity contribution is 5.90. The van der Waals surface area contributed by atoms with Crippen LogP contribution in [0.2, 0.25) is 0 Å². The van der Waals surface area contributed by atoms with Crippen molar-refractivity contribution in [1.82, 2.24) is 9.97 Å². The Balaban J connectivity index is 2.15. The molecule has 0 aromatic carbocycles. The Morgan fingerprint density at radius 1 is 1.60 bits per heavy atom. The number of carbonyl (C=O) groups is 1. The summed E-state index contributed by atoms with van der Waals surface area (Å²) >= 11 is 0. The van der Waals surface area contributed by atoms with E-state index in [1.165, 1.54) is 6.20 Å². The summed E-state index contributed by atoms with van der Waals surface area (Å²) < 4.78 is 4.96. The predicted octanol–water partition coefficient (Wildman–Crippen LogP) is 1.17. The molecule has 1 aliphatic heterocycles. The standard InChI is InChI=1S/C14H21N3O3/c1-4-20-13(19)11-7-15-14(16-10(11)3)17-6-5-12(18)9(2)8-17/h7,9,12,18H,4-6,8H2,1-3H3. The van der Waals surface area contributed by atoms with E-state index in [-0.39, 0.29) is 18.0 Å². The van der Waals surface area contributed by atoms with Crippen molar-refractivity contribution in [2.45, 2.75) is 33.3 Å². The molecule has 0 bridgehead atoms. The van der Waals surface area contributed by atoms with Gasteiger partial charge in [-0.2, -0.15) is 0 Å². The summed E-state index contributed by atoms with van der Waals surface area (Å²) in [5, 5.41) is 9.74. The van der Waals surface area contributed by atoms with Gasteiger partial charge in [0.15, 0.2) is 0 Å². The highest BCUT2D eigenvalue weighted by Gasteiger charge is 2.26. The summed E-state index contributed by atoms with van der Waals surface area (Å²) in [6.45, 7) is 7.34. The molecule has 6 heteroatoms. The summed E-state index contributed by atoms with van der Waals surface area (Å²) in [6.07, 6.45) is 1.97. The van der Waals surface area contributed by atoms with Crippen LogP contribution in [0, 0.1) is 12.8 Å². The van der Waals surface area contributed by atoms with Crippen molar-refractivity contribution in [1.29, 1.82) is 0 Å². The number of anilines is 1. The first-order valence-corrected chi connectivity index (χ1v) is 6.96. The van der Waals surface area contributed by atoms with Crippen molar-refractivity contribution in [3.8, 4) is 0 Å². The van der Waals surface area contributed by atoms with Gasteiger partial charge in [0.1, 0.15) is 0 Å². The Morgan fingerprint density at radius 2 is 2.35 bits per heavy atom. The average molecular weight is 279 g/mol. The summed E-state index contributed by atoms with van der Waals surface area (Å²) in [7, 11) is 0. The van der Waals surface area contributed by atoms with E-state index in [1.54, 1.807) is 13.8 Å². The minimum absolute atomic E-state index is 0.192. The van der Waals surface area contributed by atoms with Crippen LogP contribution in [0.3, 0.4) is 0 Å². The fourth-order valence-corrected chi connectivity index (χ4v) is 2.33. The van der Waals surface area contributed by atoms with Gasteiger partial charge in [-0.25, -0.2) is 14.8 Å². The van der Waals surface area contributed by atoms with Gasteiger partial charge in [-0.15, -0.1) is 0 Å². The molecule has 1 aromatic rings. The van der Waals surface area contributed by atoms with Gasteiger partial charge in [0.25, 0.3) is 0 Å². The van der Waals surface area contributed by atoms with E-state index in [0.717, 1.165) is 13.1 Å². The molecule has 2 heterocycles. The summed E-state index contributed by atoms with van der Waals surface area (Å²) in [6, 6.07) is 0. The normalized spacial score (nSPS) is 22.7. The monoisotopic (exact) mass is 279 g/mol. The number of aliphatic hydroxyl groups is 1. The first-order chi connectivity index (χ1) is 9.52. The SMILES string of the molecule is CCOC(=O)c1cnc(N2CCC(O)C(C)C2)nc1C. The van der Waals surface area contributed by atoms with Crippen LogP contribution in [-0.2, 0) is 4.74 Å². The van der Waals surface area contributed by atoms with Crippen molar-refractivity contribution >= 4 is 11.9 Å². The zero-order valence-electron chi connectivity index (χ0n) is 12.2. The molecular weight excluding hydrogens is 258 g/mol. The van der Waals surface area contributed by atoms with Crippen molar-refractivity contribution in [2.24, 2.45) is 5.92 Å². The second-order valence-corrected chi connectivity index (χ2v) is 5.17. The van der Waals surface area contributed by atoms with Crippen LogP contribution >= 0.6 is 0 Å². The van der Waals surface area contributed by atoms with Crippen molar-refractivity contribution in [2.75, 3.05) is 24.6 Å². The molecule has 0 radical (unpaired) electrons. The zero-order valence-corrected chi connectivity index (χ0v) is 12.2. The molecule has 0 spiro atoms. The van der Waals surface area contributed by atoms with Gasteiger partial charge in [-0.3, -0.25) is 0 Å². The Bertz CT molecular complexity index is 493. The van der Waals surface area contributed by atoms with Crippen molar-refractivity contribution in [3.63, 3.8) is 0 Å². The van der Waals surface area contributed by atoms with Crippen LogP contribution in [0.25, 0.3) is 0 Å². The minimum Gasteiger partial charge on any atom is -0.462 e. The Hall–Kier alpha value is -1.69. The fraction of sp³-hybridized carbons (Fsp3) is 0.643. The maximum absolute atomic E-state index is 11.7. The quantitative estimate of drug-likeness (QED) is 0.837. The van der Waals surface area contributed by atoms with Gasteiger partial charge in [0.05, 0.1) is 24.0 Å². The first-order valence-electron chi connectivity index (χ1n) is 6.96. The lowest BCUT2D eigenvalue weighted by Crippen LogP contribution is -2.42. The molecular formula is C14H21N3O3. The maximum atomic E-state index is 11.7. The molecule has 20 heavy (non-hydrogen) atoms. The van der Waals surface area contributed by atoms with E-state index >= 15 is 0 Å². The molecule has 0 saturated carbocycles. The molecule has 0 amide bonds. The van der Waals surface area contributed by atoms with Gasteiger partial charge < -0.3 is 14.7 Å². The van der Waals surface area contributed by atoms with E-state index in [4.69, 9.17) is 4.74 Å². The summed E-state index contributed by atoms with van der Waals surface area (Å²) in [5.41, 5.74) is 1.02. The number of aromatic nitrogens is 2. The van der Waals surface area contributed by atoms with Gasteiger partial charge in [0.2, 0.25) is 5.95 Å². The molecule has 2 unspecified atom stereocenters. The van der Waals surface area contributed by atoms with Gasteiger partial charge in [0, 0.05) is 19.3 Å². The van der Waals surface area contributed by atoms with Gasteiger partial charge >= 0.3 is 5.97 Å². The molecule has 1 N–H and O–H groups in total. The second kappa shape index (κ2) is 6.17. The molecule has 2 atom stereocenters. The second-order valence-electron chi connectivity index (χ2n) is 5.17. The lowest BCUT2D eigenvalue weighted by molar-refractivity contribution is 0.0524. The highest BCUT2D eigenvalue weighted by Crippen LogP contribution is 2.21. The lowest BCUT2D eigenvalue weighted by atomic mass is 9.97. The Kier molecular flexibility index (Phi) is 4.54. The Labute approximate surface area is 118 Å². The minimum atomic E-state index is -0.390. The zero-order chi connectivity index (χ0) is 14.7. The van der Waals surface area contributed by atoms with Crippen LogP contribution in [0.1, 0.15) is 36.3 Å². The van der Waals surface area contributed by atoms with Crippen LogP contribution in [0.4, 0.5) is 5.95 Å². The molecule has 1 saturated heterocycles. The number of aliphatic hydroxyl groups excluding tert-OH is 1. The first kappa shape index (κ1) is 14.7. The molecule has 1 aromatic heterocycles. The average Bonchev–Trinajstić information content (AvgIpc) is 2.42. The third-order valence-corrected chi connectivity index (χ3v) is 3.60. The third kappa shape index (κ3) is 3.07. The van der Waals surface area contributed by atoms with E-state index in [1.807, 2.05) is 11.8 Å². The maximum Gasteiger partial charge on any atom is 0.341 e. The highest BCUT2D eigenvalue weighted by atomic mass is 16.5. The van der Waals surface area contributed by atoms with E-state index in [9.17, 15) is 9.90 Å². The van der Waals surface area contributed by atoms with Crippen LogP contribution in [0.5, 0.6) is 0 Å².